The molecule has 1 atom stereocenters. The summed E-state index contributed by atoms with van der Waals surface area (Å²) in [6.45, 7) is 1.45. The second kappa shape index (κ2) is 8.81. The van der Waals surface area contributed by atoms with Gasteiger partial charge in [0.2, 0.25) is 15.9 Å². The summed E-state index contributed by atoms with van der Waals surface area (Å²) in [6, 6.07) is 9.23. The average molecular weight is 459 g/mol. The number of rotatable bonds is 7. The minimum atomic E-state index is -3.89. The highest BCUT2D eigenvalue weighted by molar-refractivity contribution is 9.10. The Balaban J connectivity index is 2.07. The molecule has 2 aromatic rings. The van der Waals surface area contributed by atoms with Crippen molar-refractivity contribution in [1.82, 2.24) is 9.62 Å². The number of carbonyl (C=O) groups is 1. The molecule has 0 unspecified atom stereocenters. The summed E-state index contributed by atoms with van der Waals surface area (Å²) in [5.74, 6) is -0.398. The van der Waals surface area contributed by atoms with E-state index in [1.165, 1.54) is 56.3 Å². The van der Waals surface area contributed by atoms with E-state index < -0.39 is 27.8 Å². The van der Waals surface area contributed by atoms with Crippen LogP contribution in [0.4, 0.5) is 4.39 Å². The normalized spacial score (nSPS) is 12.5. The number of hydrogen-bond donors (Lipinski definition) is 1. The van der Waals surface area contributed by atoms with E-state index in [-0.39, 0.29) is 11.4 Å². The first-order chi connectivity index (χ1) is 12.6. The van der Waals surface area contributed by atoms with Crippen molar-refractivity contribution in [3.05, 3.63) is 58.3 Å². The number of likely N-dealkylation sites (N-methyl/N-ethyl adjacent to an activating group) is 1. The topological polar surface area (TPSA) is 75.7 Å². The Kier molecular flexibility index (Phi) is 6.96. The molecule has 0 heterocycles. The summed E-state index contributed by atoms with van der Waals surface area (Å²) in [5, 5.41) is 0. The molecule has 9 heteroatoms. The lowest BCUT2D eigenvalue weighted by Crippen LogP contribution is -2.45. The first kappa shape index (κ1) is 21.3. The van der Waals surface area contributed by atoms with Gasteiger partial charge < -0.3 is 9.64 Å². The first-order valence-electron chi connectivity index (χ1n) is 7.99. The minimum absolute atomic E-state index is 0.0126. The van der Waals surface area contributed by atoms with Gasteiger partial charge in [0.15, 0.2) is 0 Å². The molecule has 0 aliphatic rings. The molecule has 146 valence electrons. The maximum absolute atomic E-state index is 13.9. The van der Waals surface area contributed by atoms with Gasteiger partial charge in [-0.1, -0.05) is 15.9 Å². The van der Waals surface area contributed by atoms with Crippen molar-refractivity contribution in [2.75, 3.05) is 14.2 Å². The number of halogens is 2. The van der Waals surface area contributed by atoms with Crippen molar-refractivity contribution < 1.29 is 22.3 Å². The number of nitrogens with one attached hydrogen (secondary N) is 1. The number of ether oxygens (including phenoxy) is 1. The average Bonchev–Trinajstić information content (AvgIpc) is 2.63. The van der Waals surface area contributed by atoms with Gasteiger partial charge >= 0.3 is 0 Å². The summed E-state index contributed by atoms with van der Waals surface area (Å²) in [7, 11) is -0.920. The zero-order valence-electron chi connectivity index (χ0n) is 15.1. The zero-order valence-corrected chi connectivity index (χ0v) is 17.5. The van der Waals surface area contributed by atoms with Gasteiger partial charge in [-0.05, 0) is 49.4 Å². The standard InChI is InChI=1S/C18H20BrFN2O4S/c1-12(21-27(24,25)16-7-5-15(26-3)6-8-16)18(23)22(2)11-13-10-14(19)4-9-17(13)20/h4-10,12,21H,11H2,1-3H3/t12-/m0/s1. The molecule has 0 aromatic heterocycles. The van der Waals surface area contributed by atoms with E-state index in [4.69, 9.17) is 4.74 Å². The predicted octanol–water partition coefficient (Wildman–Crippen LogP) is 2.92. The van der Waals surface area contributed by atoms with E-state index in [9.17, 15) is 17.6 Å². The maximum atomic E-state index is 13.9. The highest BCUT2D eigenvalue weighted by Crippen LogP contribution is 2.18. The summed E-state index contributed by atoms with van der Waals surface area (Å²) in [6.07, 6.45) is 0. The number of nitrogens with zero attached hydrogens (tertiary/aromatic N) is 1. The maximum Gasteiger partial charge on any atom is 0.241 e. The Hall–Kier alpha value is -1.97. The summed E-state index contributed by atoms with van der Waals surface area (Å²) in [4.78, 5) is 13.8. The van der Waals surface area contributed by atoms with Crippen LogP contribution in [0.1, 0.15) is 12.5 Å². The molecule has 0 fully saturated rings. The monoisotopic (exact) mass is 458 g/mol. The van der Waals surface area contributed by atoms with Crippen LogP contribution in [0.2, 0.25) is 0 Å². The van der Waals surface area contributed by atoms with E-state index in [1.54, 1.807) is 12.1 Å². The Labute approximate surface area is 166 Å². The molecule has 6 nitrogen and oxygen atoms in total. The van der Waals surface area contributed by atoms with E-state index in [2.05, 4.69) is 20.7 Å². The molecule has 0 aliphatic carbocycles. The third-order valence-corrected chi connectivity index (χ3v) is 5.91. The van der Waals surface area contributed by atoms with Gasteiger partial charge in [0.1, 0.15) is 11.6 Å². The molecule has 0 aliphatic heterocycles. The van der Waals surface area contributed by atoms with Gasteiger partial charge in [0, 0.05) is 23.6 Å². The number of methoxy groups -OCH3 is 1. The van der Waals surface area contributed by atoms with Crippen LogP contribution in [0, 0.1) is 5.82 Å². The third-order valence-electron chi connectivity index (χ3n) is 3.86. The highest BCUT2D eigenvalue weighted by atomic mass is 79.9. The van der Waals surface area contributed by atoms with Crippen molar-refractivity contribution in [1.29, 1.82) is 0 Å². The smallest absolute Gasteiger partial charge is 0.241 e. The van der Waals surface area contributed by atoms with Crippen LogP contribution in [0.5, 0.6) is 5.75 Å². The van der Waals surface area contributed by atoms with Crippen molar-refractivity contribution >= 4 is 31.9 Å². The Morgan fingerprint density at radius 1 is 1.26 bits per heavy atom. The Morgan fingerprint density at radius 3 is 2.48 bits per heavy atom. The summed E-state index contributed by atoms with van der Waals surface area (Å²) < 4.78 is 46.8. The fourth-order valence-electron chi connectivity index (χ4n) is 2.43. The van der Waals surface area contributed by atoms with E-state index >= 15 is 0 Å². The van der Waals surface area contributed by atoms with Crippen LogP contribution in [0.3, 0.4) is 0 Å². The number of benzene rings is 2. The fraction of sp³-hybridized carbons (Fsp3) is 0.278. The second-order valence-electron chi connectivity index (χ2n) is 5.95. The van der Waals surface area contributed by atoms with Gasteiger partial charge in [0.25, 0.3) is 0 Å². The van der Waals surface area contributed by atoms with Crippen LogP contribution in [-0.4, -0.2) is 39.4 Å². The molecule has 1 amide bonds. The first-order valence-corrected chi connectivity index (χ1v) is 10.3. The van der Waals surface area contributed by atoms with Crippen LogP contribution >= 0.6 is 15.9 Å². The molecule has 0 saturated heterocycles. The highest BCUT2D eigenvalue weighted by Gasteiger charge is 2.25. The Morgan fingerprint density at radius 2 is 1.89 bits per heavy atom. The van der Waals surface area contributed by atoms with Crippen LogP contribution in [-0.2, 0) is 21.4 Å². The number of amides is 1. The molecule has 0 saturated carbocycles. The van der Waals surface area contributed by atoms with Gasteiger partial charge in [-0.15, -0.1) is 0 Å². The van der Waals surface area contributed by atoms with Crippen molar-refractivity contribution in [3.63, 3.8) is 0 Å². The van der Waals surface area contributed by atoms with E-state index in [1.807, 2.05) is 0 Å². The minimum Gasteiger partial charge on any atom is -0.497 e. The van der Waals surface area contributed by atoms with E-state index in [0.717, 1.165) is 0 Å². The van der Waals surface area contributed by atoms with Crippen LogP contribution < -0.4 is 9.46 Å². The molecule has 2 aromatic carbocycles. The van der Waals surface area contributed by atoms with Crippen molar-refractivity contribution in [2.24, 2.45) is 0 Å². The zero-order chi connectivity index (χ0) is 20.2. The number of sulfonamides is 1. The van der Waals surface area contributed by atoms with Gasteiger partial charge in [0.05, 0.1) is 18.0 Å². The van der Waals surface area contributed by atoms with Gasteiger partial charge in [-0.3, -0.25) is 4.79 Å². The molecule has 27 heavy (non-hydrogen) atoms. The lowest BCUT2D eigenvalue weighted by molar-refractivity contribution is -0.131. The SMILES string of the molecule is COc1ccc(S(=O)(=O)N[C@@H](C)C(=O)N(C)Cc2cc(Br)ccc2F)cc1. The molecule has 0 spiro atoms. The molecule has 2 rings (SSSR count). The quantitative estimate of drug-likeness (QED) is 0.691. The van der Waals surface area contributed by atoms with Gasteiger partial charge in [-0.25, -0.2) is 12.8 Å². The molecule has 1 N–H and O–H groups in total. The molecular formula is C18H20BrFN2O4S. The third kappa shape index (κ3) is 5.50. The molecular weight excluding hydrogens is 439 g/mol. The lowest BCUT2D eigenvalue weighted by atomic mass is 10.2. The molecule has 0 bridgehead atoms. The largest absolute Gasteiger partial charge is 0.497 e. The Bertz CT molecular complexity index is 919. The summed E-state index contributed by atoms with van der Waals surface area (Å²) in [5.41, 5.74) is 0.324. The van der Waals surface area contributed by atoms with E-state index in [0.29, 0.717) is 15.8 Å². The summed E-state index contributed by atoms with van der Waals surface area (Å²) >= 11 is 3.26. The lowest BCUT2D eigenvalue weighted by Gasteiger charge is -2.22. The van der Waals surface area contributed by atoms with Crippen LogP contribution in [0.25, 0.3) is 0 Å². The van der Waals surface area contributed by atoms with Crippen molar-refractivity contribution in [3.8, 4) is 5.75 Å². The fourth-order valence-corrected chi connectivity index (χ4v) is 4.04. The second-order valence-corrected chi connectivity index (χ2v) is 8.58. The van der Waals surface area contributed by atoms with Crippen molar-refractivity contribution in [2.45, 2.75) is 24.4 Å². The predicted molar refractivity (Wildman–Crippen MR) is 103 cm³/mol. The number of carbonyl (C=O) groups excluding carboxylic acids is 1. The van der Waals surface area contributed by atoms with Crippen LogP contribution in [0.15, 0.2) is 51.8 Å². The van der Waals surface area contributed by atoms with Gasteiger partial charge in [-0.2, -0.15) is 4.72 Å². The molecule has 0 radical (unpaired) electrons. The number of hydrogen-bond acceptors (Lipinski definition) is 4.